The van der Waals surface area contributed by atoms with E-state index in [1.165, 1.54) is 6.07 Å². The van der Waals surface area contributed by atoms with Crippen molar-refractivity contribution < 1.29 is 26.5 Å². The number of anilines is 3. The van der Waals surface area contributed by atoms with Crippen LogP contribution in [0.15, 0.2) is 76.3 Å². The molecule has 1 unspecified atom stereocenters. The van der Waals surface area contributed by atoms with Gasteiger partial charge in [0.05, 0.1) is 18.9 Å². The molecule has 0 amide bonds. The maximum absolute atomic E-state index is 13.9. The van der Waals surface area contributed by atoms with E-state index in [1.807, 2.05) is 25.1 Å². The molecule has 12 heteroatoms. The predicted molar refractivity (Wildman–Crippen MR) is 149 cm³/mol. The molecule has 0 aromatic heterocycles. The lowest BCUT2D eigenvalue weighted by molar-refractivity contribution is 0.414. The molecule has 210 valence electrons. The van der Waals surface area contributed by atoms with Crippen molar-refractivity contribution >= 4 is 27.2 Å². The first-order valence-electron chi connectivity index (χ1n) is 12.2. The van der Waals surface area contributed by atoms with Gasteiger partial charge in [-0.05, 0) is 60.0 Å². The second kappa shape index (κ2) is 11.9. The number of rotatable bonds is 12. The molecular weight excluding hydrogens is 544 g/mol. The smallest absolute Gasteiger partial charge is 0.266 e. The van der Waals surface area contributed by atoms with Crippen molar-refractivity contribution in [2.24, 2.45) is 0 Å². The highest BCUT2D eigenvalue weighted by Gasteiger charge is 2.23. The van der Waals surface area contributed by atoms with Crippen LogP contribution in [0.4, 0.5) is 25.8 Å². The molecule has 0 aliphatic carbocycles. The first-order valence-corrected chi connectivity index (χ1v) is 13.8. The van der Waals surface area contributed by atoms with Gasteiger partial charge >= 0.3 is 0 Å². The predicted octanol–water partition coefficient (Wildman–Crippen LogP) is 4.05. The van der Waals surface area contributed by atoms with Crippen molar-refractivity contribution in [1.29, 1.82) is 0 Å². The molecule has 40 heavy (non-hydrogen) atoms. The van der Waals surface area contributed by atoms with Crippen LogP contribution in [0.2, 0.25) is 0 Å². The van der Waals surface area contributed by atoms with Crippen LogP contribution >= 0.6 is 0 Å². The lowest BCUT2D eigenvalue weighted by Gasteiger charge is -2.26. The van der Waals surface area contributed by atoms with Gasteiger partial charge in [0.1, 0.15) is 17.1 Å². The fourth-order valence-corrected chi connectivity index (χ4v) is 4.59. The number of nitrogens with one attached hydrogen (secondary N) is 3. The van der Waals surface area contributed by atoms with Crippen molar-refractivity contribution in [3.63, 3.8) is 0 Å². The molecule has 0 aliphatic heterocycles. The summed E-state index contributed by atoms with van der Waals surface area (Å²) in [4.78, 5) is 24.3. The van der Waals surface area contributed by atoms with E-state index in [-0.39, 0.29) is 17.9 Å². The molecule has 2 atom stereocenters. The molecule has 0 heterocycles. The number of benzene rings is 3. The van der Waals surface area contributed by atoms with Crippen molar-refractivity contribution in [1.82, 2.24) is 5.32 Å². The van der Waals surface area contributed by atoms with Gasteiger partial charge in [-0.3, -0.25) is 19.5 Å². The molecule has 9 nitrogen and oxygen atoms in total. The molecule has 0 aliphatic rings. The third-order valence-corrected chi connectivity index (χ3v) is 7.09. The van der Waals surface area contributed by atoms with E-state index < -0.39 is 50.4 Å². The van der Waals surface area contributed by atoms with Gasteiger partial charge in [-0.2, -0.15) is 8.42 Å². The van der Waals surface area contributed by atoms with Crippen LogP contribution in [-0.4, -0.2) is 32.4 Å². The Kier molecular flexibility index (Phi) is 8.62. The highest BCUT2D eigenvalue weighted by molar-refractivity contribution is 7.85. The van der Waals surface area contributed by atoms with Gasteiger partial charge in [0.2, 0.25) is 0 Å². The molecule has 4 rings (SSSR count). The molecule has 0 bridgehead atoms. The topological polar surface area (TPSA) is 134 Å². The zero-order valence-electron chi connectivity index (χ0n) is 21.6. The second-order valence-electron chi connectivity index (χ2n) is 9.14. The van der Waals surface area contributed by atoms with Gasteiger partial charge in [-0.15, -0.1) is 0 Å². The molecular formula is C28H27F2N3O6S. The van der Waals surface area contributed by atoms with Crippen LogP contribution in [-0.2, 0) is 10.1 Å². The van der Waals surface area contributed by atoms with Crippen LogP contribution in [0, 0.1) is 11.6 Å². The van der Waals surface area contributed by atoms with Crippen LogP contribution < -0.4 is 31.5 Å². The van der Waals surface area contributed by atoms with E-state index in [1.54, 1.807) is 37.4 Å². The summed E-state index contributed by atoms with van der Waals surface area (Å²) in [6.45, 7) is 1.56. The lowest BCUT2D eigenvalue weighted by Crippen LogP contribution is -2.37. The van der Waals surface area contributed by atoms with Gasteiger partial charge in [0.25, 0.3) is 21.0 Å². The fraction of sp³-hybridized carbons (Fsp3) is 0.214. The van der Waals surface area contributed by atoms with Crippen LogP contribution in [0.5, 0.6) is 5.75 Å². The molecule has 0 radical (unpaired) electrons. The maximum atomic E-state index is 13.9. The molecule has 0 spiro atoms. The number of hydrogen-bond donors (Lipinski definition) is 4. The average molecular weight is 572 g/mol. The summed E-state index contributed by atoms with van der Waals surface area (Å²) in [5.74, 6) is -1.87. The number of hydrogen-bond acceptors (Lipinski definition) is 8. The molecule has 4 N–H and O–H groups in total. The minimum Gasteiger partial charge on any atom is -0.497 e. The zero-order valence-corrected chi connectivity index (χ0v) is 22.4. The Labute approximate surface area is 229 Å². The Balaban J connectivity index is 1.62. The van der Waals surface area contributed by atoms with Crippen molar-refractivity contribution in [2.75, 3.05) is 30.0 Å². The first-order chi connectivity index (χ1) is 19.0. The van der Waals surface area contributed by atoms with E-state index >= 15 is 0 Å². The minimum atomic E-state index is -4.25. The highest BCUT2D eigenvalue weighted by Crippen LogP contribution is 2.30. The van der Waals surface area contributed by atoms with E-state index in [9.17, 15) is 26.8 Å². The van der Waals surface area contributed by atoms with Crippen molar-refractivity contribution in [2.45, 2.75) is 19.0 Å². The normalized spacial score (nSPS) is 13.1. The van der Waals surface area contributed by atoms with Gasteiger partial charge in [-0.25, -0.2) is 8.78 Å². The Morgan fingerprint density at radius 2 is 1.55 bits per heavy atom. The summed E-state index contributed by atoms with van der Waals surface area (Å²) < 4.78 is 63.5. The summed E-state index contributed by atoms with van der Waals surface area (Å²) in [6, 6.07) is 17.2. The quantitative estimate of drug-likeness (QED) is 0.147. The number of methoxy groups -OCH3 is 1. The van der Waals surface area contributed by atoms with E-state index in [0.29, 0.717) is 17.0 Å². The molecule has 0 saturated heterocycles. The second-order valence-corrected chi connectivity index (χ2v) is 10.7. The number of ether oxygens (including phenoxy) is 1. The van der Waals surface area contributed by atoms with Crippen LogP contribution in [0.1, 0.15) is 35.7 Å². The van der Waals surface area contributed by atoms with E-state index in [2.05, 4.69) is 16.0 Å². The molecule has 0 fully saturated rings. The number of halogens is 2. The van der Waals surface area contributed by atoms with Gasteiger partial charge in [-0.1, -0.05) is 30.3 Å². The molecule has 4 aromatic rings. The Morgan fingerprint density at radius 1 is 0.875 bits per heavy atom. The average Bonchev–Trinajstić information content (AvgIpc) is 2.94. The third kappa shape index (κ3) is 6.71. The SMILES string of the molecule is COc1ccc(C(N[C@H](C)c2ccc(F)c(F)c2)c2cccc(Nc3c(NCCS(=O)(=O)O)c(=O)c3=O)c2)cc1. The van der Waals surface area contributed by atoms with Gasteiger partial charge in [0.15, 0.2) is 11.6 Å². The van der Waals surface area contributed by atoms with Crippen LogP contribution in [0.3, 0.4) is 0 Å². The summed E-state index contributed by atoms with van der Waals surface area (Å²) in [7, 11) is -2.69. The Bertz CT molecular complexity index is 1690. The van der Waals surface area contributed by atoms with Crippen LogP contribution in [0.25, 0.3) is 0 Å². The summed E-state index contributed by atoms with van der Waals surface area (Å²) in [5.41, 5.74) is 0.943. The van der Waals surface area contributed by atoms with E-state index in [4.69, 9.17) is 9.29 Å². The summed E-state index contributed by atoms with van der Waals surface area (Å²) in [5, 5.41) is 8.94. The first kappa shape index (κ1) is 28.9. The van der Waals surface area contributed by atoms with E-state index in [0.717, 1.165) is 23.3 Å². The summed E-state index contributed by atoms with van der Waals surface area (Å²) in [6.07, 6.45) is 0. The molecule has 0 saturated carbocycles. The minimum absolute atomic E-state index is 0.0263. The van der Waals surface area contributed by atoms with Gasteiger partial charge < -0.3 is 15.4 Å². The molecule has 4 aromatic carbocycles. The standard InChI is InChI=1S/C28H27F2N3O6S/c1-16(18-8-11-22(29)23(30)15-18)32-24(17-6-9-21(39-2)10-7-17)19-4-3-5-20(14-19)33-26-25(27(34)28(26)35)31-12-13-40(36,37)38/h3-11,14-16,24,31-33H,12-13H2,1-2H3,(H,36,37,38)/t16-,24?/m1/s1. The van der Waals surface area contributed by atoms with Gasteiger partial charge in [0, 0.05) is 18.3 Å². The highest BCUT2D eigenvalue weighted by atomic mass is 32.2. The third-order valence-electron chi connectivity index (χ3n) is 6.37. The maximum Gasteiger partial charge on any atom is 0.266 e. The fourth-order valence-electron chi connectivity index (χ4n) is 4.23. The monoisotopic (exact) mass is 571 g/mol. The lowest BCUT2D eigenvalue weighted by atomic mass is 9.96. The van der Waals surface area contributed by atoms with Crippen molar-refractivity contribution in [3.8, 4) is 5.75 Å². The van der Waals surface area contributed by atoms with Crippen molar-refractivity contribution in [3.05, 3.63) is 116 Å². The Hall–Kier alpha value is -4.13. The summed E-state index contributed by atoms with van der Waals surface area (Å²) >= 11 is 0. The Morgan fingerprint density at radius 3 is 2.20 bits per heavy atom. The largest absolute Gasteiger partial charge is 0.497 e. The zero-order chi connectivity index (χ0) is 29.0.